The van der Waals surface area contributed by atoms with Crippen LogP contribution >= 0.6 is 0 Å². The van der Waals surface area contributed by atoms with Crippen molar-refractivity contribution >= 4 is 6.03 Å². The molecule has 2 aliphatic rings. The molecule has 0 radical (unpaired) electrons. The highest BCUT2D eigenvalue weighted by atomic mass is 16.2. The standard InChI is InChI=1S/C16H30N2O/c1-13-9-11-15(12-10-13)18(2)16(19)17-14-7-5-3-4-6-8-14/h13-15H,3-12H2,1-2H3,(H,17,19). The smallest absolute Gasteiger partial charge is 0.317 e. The summed E-state index contributed by atoms with van der Waals surface area (Å²) in [5, 5.41) is 3.25. The molecule has 3 nitrogen and oxygen atoms in total. The van der Waals surface area contributed by atoms with Crippen LogP contribution in [0.4, 0.5) is 4.79 Å². The zero-order chi connectivity index (χ0) is 13.7. The molecule has 0 aliphatic heterocycles. The summed E-state index contributed by atoms with van der Waals surface area (Å²) in [7, 11) is 1.98. The van der Waals surface area contributed by atoms with Gasteiger partial charge in [-0.1, -0.05) is 32.6 Å². The predicted molar refractivity (Wildman–Crippen MR) is 79.2 cm³/mol. The normalized spacial score (nSPS) is 29.6. The topological polar surface area (TPSA) is 32.3 Å². The van der Waals surface area contributed by atoms with Crippen LogP contribution in [0.1, 0.15) is 71.1 Å². The van der Waals surface area contributed by atoms with E-state index in [1.165, 1.54) is 64.2 Å². The first-order valence-corrected chi connectivity index (χ1v) is 8.20. The Kier molecular flexibility index (Phi) is 5.53. The van der Waals surface area contributed by atoms with E-state index in [2.05, 4.69) is 12.2 Å². The van der Waals surface area contributed by atoms with Crippen LogP contribution in [0.3, 0.4) is 0 Å². The Bertz CT molecular complexity index is 276. The van der Waals surface area contributed by atoms with E-state index < -0.39 is 0 Å². The van der Waals surface area contributed by atoms with Crippen molar-refractivity contribution in [1.82, 2.24) is 10.2 Å². The van der Waals surface area contributed by atoms with Crippen molar-refractivity contribution in [2.45, 2.75) is 83.2 Å². The van der Waals surface area contributed by atoms with Crippen LogP contribution in [0.15, 0.2) is 0 Å². The van der Waals surface area contributed by atoms with Gasteiger partial charge in [0.15, 0.2) is 0 Å². The molecule has 2 fully saturated rings. The molecule has 0 aromatic heterocycles. The Morgan fingerprint density at radius 2 is 1.53 bits per heavy atom. The van der Waals surface area contributed by atoms with Gasteiger partial charge in [0.1, 0.15) is 0 Å². The Labute approximate surface area is 118 Å². The molecule has 2 aliphatic carbocycles. The minimum absolute atomic E-state index is 0.159. The van der Waals surface area contributed by atoms with Crippen LogP contribution in [0.5, 0.6) is 0 Å². The number of nitrogens with zero attached hydrogens (tertiary/aromatic N) is 1. The molecule has 110 valence electrons. The zero-order valence-corrected chi connectivity index (χ0v) is 12.7. The van der Waals surface area contributed by atoms with Crippen LogP contribution < -0.4 is 5.32 Å². The number of rotatable bonds is 2. The van der Waals surface area contributed by atoms with Crippen molar-refractivity contribution in [2.75, 3.05) is 7.05 Å². The lowest BCUT2D eigenvalue weighted by molar-refractivity contribution is 0.159. The van der Waals surface area contributed by atoms with Gasteiger partial charge in [-0.15, -0.1) is 0 Å². The Morgan fingerprint density at radius 3 is 2.11 bits per heavy atom. The number of urea groups is 1. The minimum Gasteiger partial charge on any atom is -0.335 e. The van der Waals surface area contributed by atoms with Crippen molar-refractivity contribution in [3.63, 3.8) is 0 Å². The third kappa shape index (κ3) is 4.39. The van der Waals surface area contributed by atoms with E-state index in [0.717, 1.165) is 5.92 Å². The maximum absolute atomic E-state index is 12.3. The van der Waals surface area contributed by atoms with Gasteiger partial charge in [-0.05, 0) is 44.4 Å². The van der Waals surface area contributed by atoms with Gasteiger partial charge in [0.25, 0.3) is 0 Å². The Balaban J connectivity index is 1.78. The molecule has 2 amide bonds. The second-order valence-electron chi connectivity index (χ2n) is 6.66. The molecular formula is C16H30N2O. The fourth-order valence-corrected chi connectivity index (χ4v) is 3.50. The summed E-state index contributed by atoms with van der Waals surface area (Å²) in [5.74, 6) is 0.842. The van der Waals surface area contributed by atoms with Crippen molar-refractivity contribution in [3.05, 3.63) is 0 Å². The highest BCUT2D eigenvalue weighted by Gasteiger charge is 2.26. The summed E-state index contributed by atoms with van der Waals surface area (Å²) in [6, 6.07) is 1.04. The van der Waals surface area contributed by atoms with Crippen LogP contribution in [-0.4, -0.2) is 30.1 Å². The van der Waals surface area contributed by atoms with Gasteiger partial charge < -0.3 is 10.2 Å². The van der Waals surface area contributed by atoms with Gasteiger partial charge >= 0.3 is 6.03 Å². The molecule has 2 rings (SSSR count). The van der Waals surface area contributed by atoms with Crippen molar-refractivity contribution in [3.8, 4) is 0 Å². The van der Waals surface area contributed by atoms with Crippen molar-refractivity contribution < 1.29 is 4.79 Å². The van der Waals surface area contributed by atoms with E-state index in [0.29, 0.717) is 12.1 Å². The quantitative estimate of drug-likeness (QED) is 0.755. The van der Waals surface area contributed by atoms with E-state index in [-0.39, 0.29) is 6.03 Å². The average Bonchev–Trinajstić information content (AvgIpc) is 2.67. The van der Waals surface area contributed by atoms with Gasteiger partial charge in [-0.2, -0.15) is 0 Å². The second kappa shape index (κ2) is 7.16. The molecular weight excluding hydrogens is 236 g/mol. The second-order valence-corrected chi connectivity index (χ2v) is 6.66. The summed E-state index contributed by atoms with van der Waals surface area (Å²) in [6.07, 6.45) is 12.4. The maximum Gasteiger partial charge on any atom is 0.317 e. The first-order chi connectivity index (χ1) is 9.16. The third-order valence-electron chi connectivity index (χ3n) is 5.04. The Hall–Kier alpha value is -0.730. The molecule has 0 heterocycles. The molecule has 2 saturated carbocycles. The summed E-state index contributed by atoms with van der Waals surface area (Å²) in [4.78, 5) is 14.3. The number of amides is 2. The first-order valence-electron chi connectivity index (χ1n) is 8.20. The van der Waals surface area contributed by atoms with E-state index in [1.54, 1.807) is 0 Å². The fraction of sp³-hybridized carbons (Fsp3) is 0.938. The summed E-state index contributed by atoms with van der Waals surface area (Å²) < 4.78 is 0. The van der Waals surface area contributed by atoms with E-state index in [1.807, 2.05) is 11.9 Å². The number of carbonyl (C=O) groups is 1. The highest BCUT2D eigenvalue weighted by molar-refractivity contribution is 5.74. The molecule has 0 unspecified atom stereocenters. The van der Waals surface area contributed by atoms with E-state index in [4.69, 9.17) is 0 Å². The van der Waals surface area contributed by atoms with Crippen molar-refractivity contribution in [1.29, 1.82) is 0 Å². The number of hydrogen-bond acceptors (Lipinski definition) is 1. The molecule has 0 atom stereocenters. The summed E-state index contributed by atoms with van der Waals surface area (Å²) in [5.41, 5.74) is 0. The SMILES string of the molecule is CC1CCC(N(C)C(=O)NC2CCCCCC2)CC1. The summed E-state index contributed by atoms with van der Waals surface area (Å²) in [6.45, 7) is 2.32. The molecule has 0 aromatic carbocycles. The minimum atomic E-state index is 0.159. The van der Waals surface area contributed by atoms with Crippen LogP contribution in [0, 0.1) is 5.92 Å². The molecule has 3 heteroatoms. The van der Waals surface area contributed by atoms with Gasteiger partial charge in [0, 0.05) is 19.1 Å². The monoisotopic (exact) mass is 266 g/mol. The predicted octanol–water partition coefficient (Wildman–Crippen LogP) is 3.93. The van der Waals surface area contributed by atoms with E-state index in [9.17, 15) is 4.79 Å². The highest BCUT2D eigenvalue weighted by Crippen LogP contribution is 2.26. The van der Waals surface area contributed by atoms with Gasteiger partial charge in [-0.25, -0.2) is 4.79 Å². The largest absolute Gasteiger partial charge is 0.335 e. The lowest BCUT2D eigenvalue weighted by Gasteiger charge is -2.34. The molecule has 0 bridgehead atoms. The van der Waals surface area contributed by atoms with Gasteiger partial charge in [-0.3, -0.25) is 0 Å². The van der Waals surface area contributed by atoms with Crippen LogP contribution in [0.25, 0.3) is 0 Å². The first kappa shape index (κ1) is 14.7. The zero-order valence-electron chi connectivity index (χ0n) is 12.7. The van der Waals surface area contributed by atoms with Crippen LogP contribution in [0.2, 0.25) is 0 Å². The third-order valence-corrected chi connectivity index (χ3v) is 5.04. The Morgan fingerprint density at radius 1 is 0.947 bits per heavy atom. The van der Waals surface area contributed by atoms with Crippen LogP contribution in [-0.2, 0) is 0 Å². The number of hydrogen-bond donors (Lipinski definition) is 1. The number of nitrogens with one attached hydrogen (secondary N) is 1. The molecule has 19 heavy (non-hydrogen) atoms. The lowest BCUT2D eigenvalue weighted by Crippen LogP contribution is -2.48. The number of carbonyl (C=O) groups excluding carboxylic acids is 1. The fourth-order valence-electron chi connectivity index (χ4n) is 3.50. The molecule has 0 spiro atoms. The summed E-state index contributed by atoms with van der Waals surface area (Å²) >= 11 is 0. The maximum atomic E-state index is 12.3. The molecule has 1 N–H and O–H groups in total. The van der Waals surface area contributed by atoms with Gasteiger partial charge in [0.05, 0.1) is 0 Å². The average molecular weight is 266 g/mol. The van der Waals surface area contributed by atoms with E-state index >= 15 is 0 Å². The molecule has 0 saturated heterocycles. The lowest BCUT2D eigenvalue weighted by atomic mass is 9.87. The van der Waals surface area contributed by atoms with Gasteiger partial charge in [0.2, 0.25) is 0 Å². The van der Waals surface area contributed by atoms with Crippen molar-refractivity contribution in [2.24, 2.45) is 5.92 Å². The molecule has 0 aromatic rings.